The molecular weight excluding hydrogens is 348 g/mol. The molecule has 0 saturated carbocycles. The molecule has 3 aromatic rings. The molecule has 3 rings (SSSR count). The van der Waals surface area contributed by atoms with Crippen molar-refractivity contribution in [2.75, 3.05) is 0 Å². The third-order valence-electron chi connectivity index (χ3n) is 4.18. The van der Waals surface area contributed by atoms with Gasteiger partial charge < -0.3 is 10.1 Å². The zero-order valence-corrected chi connectivity index (χ0v) is 14.8. The van der Waals surface area contributed by atoms with Gasteiger partial charge in [-0.2, -0.15) is 0 Å². The molecule has 0 aliphatic rings. The second kappa shape index (κ2) is 8.45. The lowest BCUT2D eigenvalue weighted by molar-refractivity contribution is 0.0937. The summed E-state index contributed by atoms with van der Waals surface area (Å²) in [4.78, 5) is 12.7. The largest absolute Gasteiger partial charge is 0.489 e. The summed E-state index contributed by atoms with van der Waals surface area (Å²) in [7, 11) is 0. The fourth-order valence-electron chi connectivity index (χ4n) is 2.75. The van der Waals surface area contributed by atoms with E-state index in [9.17, 15) is 13.6 Å². The van der Waals surface area contributed by atoms with Gasteiger partial charge in [-0.15, -0.1) is 0 Å². The molecule has 0 unspecified atom stereocenters. The Balaban J connectivity index is 1.73. The van der Waals surface area contributed by atoms with Gasteiger partial charge in [0.1, 0.15) is 24.0 Å². The van der Waals surface area contributed by atoms with Gasteiger partial charge in [-0.05, 0) is 31.2 Å². The van der Waals surface area contributed by atoms with Crippen LogP contribution in [0.3, 0.4) is 0 Å². The van der Waals surface area contributed by atoms with E-state index in [0.29, 0.717) is 16.9 Å². The highest BCUT2D eigenvalue weighted by molar-refractivity contribution is 5.95. The number of carbonyl (C=O) groups is 1. The summed E-state index contributed by atoms with van der Waals surface area (Å²) in [6, 6.07) is 19.1. The van der Waals surface area contributed by atoms with Gasteiger partial charge in [0, 0.05) is 22.8 Å². The molecule has 27 heavy (non-hydrogen) atoms. The number of ether oxygens (including phenoxy) is 1. The zero-order valence-electron chi connectivity index (χ0n) is 14.8. The fourth-order valence-corrected chi connectivity index (χ4v) is 2.75. The molecule has 138 valence electrons. The first-order valence-corrected chi connectivity index (χ1v) is 8.56. The molecule has 0 fully saturated rings. The maximum atomic E-state index is 13.9. The van der Waals surface area contributed by atoms with E-state index < -0.39 is 17.7 Å². The van der Waals surface area contributed by atoms with Gasteiger partial charge in [0.25, 0.3) is 5.91 Å². The van der Waals surface area contributed by atoms with Gasteiger partial charge in [-0.1, -0.05) is 42.5 Å². The van der Waals surface area contributed by atoms with Crippen molar-refractivity contribution in [2.24, 2.45) is 0 Å². The van der Waals surface area contributed by atoms with Crippen molar-refractivity contribution in [1.29, 1.82) is 0 Å². The number of amides is 1. The third-order valence-corrected chi connectivity index (χ3v) is 4.18. The number of carbonyl (C=O) groups excluding carboxylic acids is 1. The van der Waals surface area contributed by atoms with E-state index in [1.807, 2.05) is 36.4 Å². The summed E-state index contributed by atoms with van der Waals surface area (Å²) in [5.74, 6) is -0.991. The minimum Gasteiger partial charge on any atom is -0.489 e. The van der Waals surface area contributed by atoms with Crippen LogP contribution in [-0.2, 0) is 6.61 Å². The van der Waals surface area contributed by atoms with E-state index in [2.05, 4.69) is 5.32 Å². The molecule has 1 N–H and O–H groups in total. The Hall–Kier alpha value is -3.21. The van der Waals surface area contributed by atoms with Crippen LogP contribution in [0.15, 0.2) is 72.8 Å². The molecule has 0 aliphatic heterocycles. The zero-order chi connectivity index (χ0) is 19.2. The molecule has 0 aromatic heterocycles. The predicted molar refractivity (Wildman–Crippen MR) is 99.5 cm³/mol. The molecule has 5 heteroatoms. The summed E-state index contributed by atoms with van der Waals surface area (Å²) in [5, 5.41) is 2.75. The van der Waals surface area contributed by atoms with Gasteiger partial charge in [-0.3, -0.25) is 4.79 Å². The van der Waals surface area contributed by atoms with Gasteiger partial charge in [0.05, 0.1) is 6.04 Å². The summed E-state index contributed by atoms with van der Waals surface area (Å²) >= 11 is 0. The van der Waals surface area contributed by atoms with Gasteiger partial charge in [-0.25, -0.2) is 8.78 Å². The molecule has 0 radical (unpaired) electrons. The van der Waals surface area contributed by atoms with Crippen LogP contribution in [0.2, 0.25) is 0 Å². The summed E-state index contributed by atoms with van der Waals surface area (Å²) < 4.78 is 32.7. The summed E-state index contributed by atoms with van der Waals surface area (Å²) in [6.07, 6.45) is 0. The smallest absolute Gasteiger partial charge is 0.252 e. The quantitative estimate of drug-likeness (QED) is 0.663. The molecule has 0 heterocycles. The number of rotatable bonds is 6. The molecule has 0 saturated heterocycles. The number of nitrogens with one attached hydrogen (secondary N) is 1. The molecular formula is C22H19F2NO2. The van der Waals surface area contributed by atoms with E-state index in [1.165, 1.54) is 12.1 Å². The minimum absolute atomic E-state index is 0.225. The van der Waals surface area contributed by atoms with E-state index in [-0.39, 0.29) is 18.1 Å². The molecule has 0 spiro atoms. The Kier molecular flexibility index (Phi) is 5.81. The van der Waals surface area contributed by atoms with Crippen molar-refractivity contribution < 1.29 is 18.3 Å². The van der Waals surface area contributed by atoms with Crippen LogP contribution in [0.4, 0.5) is 8.78 Å². The lowest BCUT2D eigenvalue weighted by Crippen LogP contribution is -2.28. The Morgan fingerprint density at radius 3 is 2.44 bits per heavy atom. The Bertz CT molecular complexity index is 929. The van der Waals surface area contributed by atoms with Crippen molar-refractivity contribution in [3.05, 3.63) is 101 Å². The normalized spacial score (nSPS) is 11.7. The number of hydrogen-bond donors (Lipinski definition) is 1. The SMILES string of the molecule is C[C@@H](NC(=O)c1ccccc1COc1ccccc1)c1ccc(F)cc1F. The molecule has 3 aromatic carbocycles. The van der Waals surface area contributed by atoms with Crippen molar-refractivity contribution in [2.45, 2.75) is 19.6 Å². The second-order valence-corrected chi connectivity index (χ2v) is 6.12. The number of hydrogen-bond acceptors (Lipinski definition) is 2. The van der Waals surface area contributed by atoms with E-state index in [0.717, 1.165) is 6.07 Å². The Labute approximate surface area is 156 Å². The highest BCUT2D eigenvalue weighted by atomic mass is 19.1. The monoisotopic (exact) mass is 367 g/mol. The Morgan fingerprint density at radius 2 is 1.70 bits per heavy atom. The van der Waals surface area contributed by atoms with Crippen LogP contribution in [0.5, 0.6) is 5.75 Å². The van der Waals surface area contributed by atoms with E-state index >= 15 is 0 Å². The number of halogens is 2. The molecule has 3 nitrogen and oxygen atoms in total. The maximum Gasteiger partial charge on any atom is 0.252 e. The topological polar surface area (TPSA) is 38.3 Å². The third kappa shape index (κ3) is 4.70. The van der Waals surface area contributed by atoms with Crippen LogP contribution in [0.25, 0.3) is 0 Å². The van der Waals surface area contributed by atoms with Gasteiger partial charge in [0.15, 0.2) is 0 Å². The molecule has 0 bridgehead atoms. The first-order valence-electron chi connectivity index (χ1n) is 8.56. The van der Waals surface area contributed by atoms with Crippen LogP contribution in [0, 0.1) is 11.6 Å². The predicted octanol–water partition coefficient (Wildman–Crippen LogP) is 5.03. The van der Waals surface area contributed by atoms with Crippen LogP contribution < -0.4 is 10.1 Å². The molecule has 1 atom stereocenters. The average Bonchev–Trinajstić information content (AvgIpc) is 2.67. The van der Waals surface area contributed by atoms with Crippen molar-refractivity contribution in [1.82, 2.24) is 5.32 Å². The summed E-state index contributed by atoms with van der Waals surface area (Å²) in [5.41, 5.74) is 1.39. The first kappa shape index (κ1) is 18.6. The second-order valence-electron chi connectivity index (χ2n) is 6.12. The van der Waals surface area contributed by atoms with Crippen LogP contribution >= 0.6 is 0 Å². The van der Waals surface area contributed by atoms with Crippen LogP contribution in [-0.4, -0.2) is 5.91 Å². The van der Waals surface area contributed by atoms with Crippen molar-refractivity contribution >= 4 is 5.91 Å². The van der Waals surface area contributed by atoms with Crippen LogP contribution in [0.1, 0.15) is 34.5 Å². The van der Waals surface area contributed by atoms with Crippen molar-refractivity contribution in [3.8, 4) is 5.75 Å². The molecule has 1 amide bonds. The average molecular weight is 367 g/mol. The lowest BCUT2D eigenvalue weighted by Gasteiger charge is -2.17. The lowest BCUT2D eigenvalue weighted by atomic mass is 10.0. The maximum absolute atomic E-state index is 13.9. The molecule has 0 aliphatic carbocycles. The first-order chi connectivity index (χ1) is 13.0. The summed E-state index contributed by atoms with van der Waals surface area (Å²) in [6.45, 7) is 1.88. The highest BCUT2D eigenvalue weighted by Gasteiger charge is 2.17. The number of para-hydroxylation sites is 1. The minimum atomic E-state index is -0.691. The van der Waals surface area contributed by atoms with E-state index in [4.69, 9.17) is 4.74 Å². The van der Waals surface area contributed by atoms with Gasteiger partial charge >= 0.3 is 0 Å². The number of benzene rings is 3. The standard InChI is InChI=1S/C22H19F2NO2/c1-15(19-12-11-17(23)13-21(19)24)25-22(26)20-10-6-5-7-16(20)14-27-18-8-3-2-4-9-18/h2-13,15H,14H2,1H3,(H,25,26)/t15-/m1/s1. The van der Waals surface area contributed by atoms with E-state index in [1.54, 1.807) is 25.1 Å². The highest BCUT2D eigenvalue weighted by Crippen LogP contribution is 2.20. The van der Waals surface area contributed by atoms with Crippen molar-refractivity contribution in [3.63, 3.8) is 0 Å². The Morgan fingerprint density at radius 1 is 1.00 bits per heavy atom. The van der Waals surface area contributed by atoms with Gasteiger partial charge in [0.2, 0.25) is 0 Å². The fraction of sp³-hybridized carbons (Fsp3) is 0.136.